The zero-order valence-electron chi connectivity index (χ0n) is 16.0. The van der Waals surface area contributed by atoms with Crippen LogP contribution in [-0.4, -0.2) is 67.6 Å². The van der Waals surface area contributed by atoms with Gasteiger partial charge in [-0.15, -0.1) is 12.4 Å². The maximum Gasteiger partial charge on any atom is 0.317 e. The van der Waals surface area contributed by atoms with E-state index in [1.54, 1.807) is 0 Å². The van der Waals surface area contributed by atoms with E-state index in [0.29, 0.717) is 18.9 Å². The molecule has 2 aliphatic rings. The Morgan fingerprint density at radius 1 is 1.19 bits per heavy atom. The van der Waals surface area contributed by atoms with Crippen LogP contribution in [0.5, 0.6) is 0 Å². The van der Waals surface area contributed by atoms with Crippen molar-refractivity contribution in [2.24, 2.45) is 5.92 Å². The predicted octanol–water partition coefficient (Wildman–Crippen LogP) is 1.89. The van der Waals surface area contributed by atoms with Gasteiger partial charge in [0.05, 0.1) is 0 Å². The number of nitrogens with one attached hydrogen (secondary N) is 2. The second-order valence-electron chi connectivity index (χ2n) is 7.26. The van der Waals surface area contributed by atoms with Gasteiger partial charge in [-0.05, 0) is 37.8 Å². The second kappa shape index (κ2) is 10.5. The zero-order chi connectivity index (χ0) is 18.4. The van der Waals surface area contributed by atoms with E-state index in [-0.39, 0.29) is 30.4 Å². The summed E-state index contributed by atoms with van der Waals surface area (Å²) in [6.45, 7) is 3.71. The number of amides is 3. The highest BCUT2D eigenvalue weighted by atomic mass is 35.5. The third-order valence-corrected chi connectivity index (χ3v) is 5.57. The molecule has 7 heteroatoms. The zero-order valence-corrected chi connectivity index (χ0v) is 16.8. The molecular formula is C20H31ClN4O2. The molecule has 0 bridgehead atoms. The summed E-state index contributed by atoms with van der Waals surface area (Å²) in [7, 11) is 1.91. The first-order valence-corrected chi connectivity index (χ1v) is 9.70. The molecule has 2 fully saturated rings. The smallest absolute Gasteiger partial charge is 0.317 e. The van der Waals surface area contributed by atoms with Crippen LogP contribution < -0.4 is 10.6 Å². The first kappa shape index (κ1) is 21.5. The molecule has 3 amide bonds. The molecule has 0 aromatic heterocycles. The van der Waals surface area contributed by atoms with E-state index in [1.165, 1.54) is 5.56 Å². The number of fused-ring (bicyclic) bond motifs is 1. The molecule has 2 heterocycles. The Labute approximate surface area is 168 Å². The van der Waals surface area contributed by atoms with Gasteiger partial charge in [-0.3, -0.25) is 4.79 Å². The molecule has 3 rings (SSSR count). The van der Waals surface area contributed by atoms with Crippen LogP contribution in [0.3, 0.4) is 0 Å². The van der Waals surface area contributed by atoms with Crippen molar-refractivity contribution >= 4 is 24.3 Å². The molecule has 2 N–H and O–H groups in total. The average Bonchev–Trinajstić information content (AvgIpc) is 2.67. The lowest BCUT2D eigenvalue weighted by molar-refractivity contribution is -0.140. The fraction of sp³-hybridized carbons (Fsp3) is 0.600. The minimum Gasteiger partial charge on any atom is -0.338 e. The normalized spacial score (nSPS) is 22.0. The molecule has 6 nitrogen and oxygen atoms in total. The molecule has 2 saturated heterocycles. The Balaban J connectivity index is 0.00000261. The van der Waals surface area contributed by atoms with E-state index in [1.807, 2.05) is 35.0 Å². The first-order valence-electron chi connectivity index (χ1n) is 9.70. The van der Waals surface area contributed by atoms with Crippen LogP contribution in [0, 0.1) is 5.92 Å². The summed E-state index contributed by atoms with van der Waals surface area (Å²) in [5.74, 6) is 0.667. The summed E-state index contributed by atoms with van der Waals surface area (Å²) in [6.07, 6.45) is 3.23. The number of hydrogen-bond acceptors (Lipinski definition) is 3. The van der Waals surface area contributed by atoms with Crippen LogP contribution in [0.4, 0.5) is 4.79 Å². The number of nitrogens with zero attached hydrogens (tertiary/aromatic N) is 2. The second-order valence-corrected chi connectivity index (χ2v) is 7.26. The Bertz CT molecular complexity index is 613. The molecular weight excluding hydrogens is 364 g/mol. The summed E-state index contributed by atoms with van der Waals surface area (Å²) in [5.41, 5.74) is 1.23. The number of benzene rings is 1. The maximum absolute atomic E-state index is 12.5. The Morgan fingerprint density at radius 3 is 2.70 bits per heavy atom. The van der Waals surface area contributed by atoms with Gasteiger partial charge in [0, 0.05) is 45.2 Å². The third kappa shape index (κ3) is 5.59. The van der Waals surface area contributed by atoms with E-state index in [2.05, 4.69) is 22.8 Å². The maximum atomic E-state index is 12.5. The van der Waals surface area contributed by atoms with Crippen molar-refractivity contribution in [2.75, 3.05) is 39.8 Å². The molecule has 0 unspecified atom stereocenters. The minimum atomic E-state index is 0. The van der Waals surface area contributed by atoms with Crippen molar-refractivity contribution in [3.63, 3.8) is 0 Å². The number of piperidine rings is 2. The lowest BCUT2D eigenvalue weighted by Gasteiger charge is -2.47. The quantitative estimate of drug-likeness (QED) is 0.774. The van der Waals surface area contributed by atoms with Gasteiger partial charge < -0.3 is 20.4 Å². The molecule has 0 saturated carbocycles. The molecule has 2 aliphatic heterocycles. The van der Waals surface area contributed by atoms with E-state index < -0.39 is 0 Å². The molecule has 0 radical (unpaired) electrons. The summed E-state index contributed by atoms with van der Waals surface area (Å²) in [5, 5.41) is 6.17. The van der Waals surface area contributed by atoms with Crippen LogP contribution in [0.1, 0.15) is 24.8 Å². The van der Waals surface area contributed by atoms with Gasteiger partial charge >= 0.3 is 6.03 Å². The average molecular weight is 395 g/mol. The Kier molecular flexibility index (Phi) is 8.38. The summed E-state index contributed by atoms with van der Waals surface area (Å²) in [6, 6.07) is 10.5. The van der Waals surface area contributed by atoms with Crippen molar-refractivity contribution in [2.45, 2.75) is 31.7 Å². The molecule has 150 valence electrons. The first-order chi connectivity index (χ1) is 12.7. The summed E-state index contributed by atoms with van der Waals surface area (Å²) < 4.78 is 0. The van der Waals surface area contributed by atoms with Crippen molar-refractivity contribution in [3.8, 4) is 0 Å². The largest absolute Gasteiger partial charge is 0.338 e. The van der Waals surface area contributed by atoms with Crippen LogP contribution >= 0.6 is 12.4 Å². The van der Waals surface area contributed by atoms with Gasteiger partial charge in [-0.25, -0.2) is 4.79 Å². The minimum absolute atomic E-state index is 0. The van der Waals surface area contributed by atoms with Crippen LogP contribution in [0.2, 0.25) is 0 Å². The van der Waals surface area contributed by atoms with Crippen molar-refractivity contribution in [3.05, 3.63) is 35.9 Å². The van der Waals surface area contributed by atoms with Gasteiger partial charge in [-0.1, -0.05) is 30.3 Å². The Hall–Kier alpha value is -1.79. The highest BCUT2D eigenvalue weighted by Crippen LogP contribution is 2.31. The SMILES string of the molecule is CNCCN1C(=O)CC[C@H]2CN(C(=O)NCCc3ccccc3)CC[C@H]21.Cl. The number of likely N-dealkylation sites (N-methyl/N-ethyl adjacent to an activating group) is 1. The number of likely N-dealkylation sites (tertiary alicyclic amines) is 2. The molecule has 1 aromatic rings. The number of urea groups is 1. The number of carbonyl (C=O) groups excluding carboxylic acids is 2. The highest BCUT2D eigenvalue weighted by molar-refractivity contribution is 5.85. The van der Waals surface area contributed by atoms with Crippen molar-refractivity contribution in [1.82, 2.24) is 20.4 Å². The number of halogens is 1. The van der Waals surface area contributed by atoms with Crippen LogP contribution in [0.15, 0.2) is 30.3 Å². The topological polar surface area (TPSA) is 64.7 Å². The lowest BCUT2D eigenvalue weighted by Crippen LogP contribution is -2.58. The van der Waals surface area contributed by atoms with E-state index in [9.17, 15) is 9.59 Å². The third-order valence-electron chi connectivity index (χ3n) is 5.57. The van der Waals surface area contributed by atoms with E-state index >= 15 is 0 Å². The highest BCUT2D eigenvalue weighted by Gasteiger charge is 2.39. The standard InChI is InChI=1S/C20H30N4O2.ClH/c1-21-12-14-24-18-10-13-23(15-17(18)7-8-19(24)25)20(26)22-11-9-16-5-3-2-4-6-16;/h2-6,17-18,21H,7-15H2,1H3,(H,22,26);1H/t17-,18+;/m0./s1. The Morgan fingerprint density at radius 2 is 1.96 bits per heavy atom. The van der Waals surface area contributed by atoms with Crippen LogP contribution in [0.25, 0.3) is 0 Å². The summed E-state index contributed by atoms with van der Waals surface area (Å²) in [4.78, 5) is 28.7. The lowest BCUT2D eigenvalue weighted by atomic mass is 9.83. The number of hydrogen-bond donors (Lipinski definition) is 2. The van der Waals surface area contributed by atoms with Crippen LogP contribution in [-0.2, 0) is 11.2 Å². The van der Waals surface area contributed by atoms with Crippen molar-refractivity contribution in [1.29, 1.82) is 0 Å². The fourth-order valence-electron chi connectivity index (χ4n) is 4.13. The number of rotatable bonds is 6. The van der Waals surface area contributed by atoms with E-state index in [0.717, 1.165) is 45.4 Å². The van der Waals surface area contributed by atoms with Crippen molar-refractivity contribution < 1.29 is 9.59 Å². The van der Waals surface area contributed by atoms with E-state index in [4.69, 9.17) is 0 Å². The predicted molar refractivity (Wildman–Crippen MR) is 109 cm³/mol. The van der Waals surface area contributed by atoms with Gasteiger partial charge in [0.1, 0.15) is 0 Å². The number of carbonyl (C=O) groups is 2. The molecule has 0 spiro atoms. The van der Waals surface area contributed by atoms with Gasteiger partial charge in [0.15, 0.2) is 0 Å². The monoisotopic (exact) mass is 394 g/mol. The van der Waals surface area contributed by atoms with Gasteiger partial charge in [0.2, 0.25) is 5.91 Å². The van der Waals surface area contributed by atoms with Gasteiger partial charge in [-0.2, -0.15) is 0 Å². The molecule has 1 aromatic carbocycles. The molecule has 0 aliphatic carbocycles. The molecule has 2 atom stereocenters. The molecule has 27 heavy (non-hydrogen) atoms. The van der Waals surface area contributed by atoms with Gasteiger partial charge in [0.25, 0.3) is 0 Å². The summed E-state index contributed by atoms with van der Waals surface area (Å²) >= 11 is 0. The fourth-order valence-corrected chi connectivity index (χ4v) is 4.13.